The summed E-state index contributed by atoms with van der Waals surface area (Å²) >= 11 is 0. The number of alkyl carbamates (subject to hydrolysis) is 1. The summed E-state index contributed by atoms with van der Waals surface area (Å²) in [5.74, 6) is -2.63. The minimum atomic E-state index is -3.56. The maximum atomic E-state index is 13.7. The summed E-state index contributed by atoms with van der Waals surface area (Å²) in [6.07, 6.45) is 9.07. The third-order valence-electron chi connectivity index (χ3n) is 8.85. The summed E-state index contributed by atoms with van der Waals surface area (Å²) in [5, 5.41) is 2.17. The van der Waals surface area contributed by atoms with E-state index in [1.165, 1.54) is 4.90 Å². The Balaban J connectivity index is 1.26. The molecule has 0 unspecified atom stereocenters. The Bertz CT molecular complexity index is 1300. The molecule has 1 heterocycles. The zero-order valence-electron chi connectivity index (χ0n) is 27.6. The number of primary amides is 1. The number of hydrogen-bond acceptors (Lipinski definition) is 10. The summed E-state index contributed by atoms with van der Waals surface area (Å²) in [4.78, 5) is 65.0. The van der Waals surface area contributed by atoms with Gasteiger partial charge in [-0.1, -0.05) is 31.4 Å². The van der Waals surface area contributed by atoms with Gasteiger partial charge in [0.15, 0.2) is 0 Å². The van der Waals surface area contributed by atoms with E-state index in [1.807, 2.05) is 6.08 Å². The van der Waals surface area contributed by atoms with Crippen LogP contribution in [-0.2, 0) is 43.4 Å². The number of nitrogens with zero attached hydrogens (tertiary/aromatic N) is 1. The Morgan fingerprint density at radius 1 is 1.02 bits per heavy atom. The Kier molecular flexibility index (Phi) is 12.3. The van der Waals surface area contributed by atoms with E-state index in [1.54, 1.807) is 26.8 Å². The molecule has 47 heavy (non-hydrogen) atoms. The normalized spacial score (nSPS) is 25.6. The van der Waals surface area contributed by atoms with E-state index in [4.69, 9.17) is 19.9 Å². The molecule has 0 aromatic carbocycles. The SMILES string of the molecule is CC(C)(C)OC(=O)N[C@@H](CCCOC/C=C\[C@@H]1C[C@@H]1C(=O)NS(=O)(=O)C1CC1)C(=O)N1C[C@H](OC(=O)C2CCCCC2)C[C@H]1C(N)=O. The first-order chi connectivity index (χ1) is 22.1. The third-order valence-corrected chi connectivity index (χ3v) is 10.7. The van der Waals surface area contributed by atoms with Crippen molar-refractivity contribution in [2.24, 2.45) is 23.5 Å². The molecule has 3 saturated carbocycles. The van der Waals surface area contributed by atoms with Crippen LogP contribution < -0.4 is 15.8 Å². The zero-order valence-corrected chi connectivity index (χ0v) is 28.4. The molecule has 0 radical (unpaired) electrons. The number of nitrogens with two attached hydrogens (primary N) is 1. The number of esters is 1. The van der Waals surface area contributed by atoms with Gasteiger partial charge in [-0.3, -0.25) is 23.9 Å². The second kappa shape index (κ2) is 15.8. The van der Waals surface area contributed by atoms with E-state index in [0.29, 0.717) is 25.7 Å². The molecule has 4 N–H and O–H groups in total. The van der Waals surface area contributed by atoms with Crippen LogP contribution in [0.3, 0.4) is 0 Å². The number of ether oxygens (including phenoxy) is 3. The molecule has 0 aromatic rings. The highest BCUT2D eigenvalue weighted by Gasteiger charge is 2.45. The fraction of sp³-hybridized carbons (Fsp3) is 0.781. The van der Waals surface area contributed by atoms with E-state index in [0.717, 1.165) is 32.1 Å². The maximum Gasteiger partial charge on any atom is 0.408 e. The predicted molar refractivity (Wildman–Crippen MR) is 170 cm³/mol. The molecule has 0 bridgehead atoms. The Hall–Kier alpha value is -3.20. The van der Waals surface area contributed by atoms with Crippen LogP contribution in [0.2, 0.25) is 0 Å². The van der Waals surface area contributed by atoms with E-state index in [2.05, 4.69) is 10.0 Å². The summed E-state index contributed by atoms with van der Waals surface area (Å²) in [6, 6.07) is -2.03. The molecular formula is C32H50N4O10S. The Morgan fingerprint density at radius 2 is 1.72 bits per heavy atom. The molecule has 0 spiro atoms. The number of rotatable bonds is 15. The van der Waals surface area contributed by atoms with Crippen molar-refractivity contribution in [2.75, 3.05) is 19.8 Å². The summed E-state index contributed by atoms with van der Waals surface area (Å²) < 4.78 is 42.9. The number of amides is 4. The molecule has 5 atom stereocenters. The molecule has 15 heteroatoms. The van der Waals surface area contributed by atoms with Gasteiger partial charge in [0.25, 0.3) is 0 Å². The molecule has 4 fully saturated rings. The number of carbonyl (C=O) groups is 5. The minimum Gasteiger partial charge on any atom is -0.460 e. The first kappa shape index (κ1) is 36.6. The topological polar surface area (TPSA) is 200 Å². The lowest BCUT2D eigenvalue weighted by atomic mass is 9.89. The van der Waals surface area contributed by atoms with Gasteiger partial charge >= 0.3 is 12.1 Å². The molecule has 1 aliphatic heterocycles. The first-order valence-corrected chi connectivity index (χ1v) is 18.3. The van der Waals surface area contributed by atoms with Crippen LogP contribution in [0.4, 0.5) is 4.79 Å². The number of sulfonamides is 1. The van der Waals surface area contributed by atoms with Crippen molar-refractivity contribution in [1.82, 2.24) is 14.9 Å². The van der Waals surface area contributed by atoms with Crippen LogP contribution in [0.15, 0.2) is 12.2 Å². The monoisotopic (exact) mass is 682 g/mol. The van der Waals surface area contributed by atoms with Gasteiger partial charge < -0.3 is 30.2 Å². The highest BCUT2D eigenvalue weighted by molar-refractivity contribution is 7.90. The van der Waals surface area contributed by atoms with E-state index in [-0.39, 0.29) is 56.3 Å². The first-order valence-electron chi connectivity index (χ1n) is 16.7. The van der Waals surface area contributed by atoms with Crippen LogP contribution in [0.1, 0.15) is 91.4 Å². The van der Waals surface area contributed by atoms with Gasteiger partial charge in [-0.05, 0) is 71.6 Å². The number of likely N-dealkylation sites (tertiary alicyclic amines) is 1. The standard InChI is InChI=1S/C32H50N4O10S/c1-32(2,3)46-31(41)34-25(12-8-16-44-15-7-11-21-17-24(21)28(38)35-47(42,43)23-13-14-23)29(39)36-19-22(18-26(36)27(33)37)45-30(40)20-9-5-4-6-10-20/h7,11,20-26H,4-6,8-10,12-19H2,1-3H3,(H2,33,37)(H,34,41)(H,35,38)/b11-7-/t21-,22-,24+,25+,26+/m1/s1. The van der Waals surface area contributed by atoms with Crippen molar-refractivity contribution >= 4 is 39.8 Å². The lowest BCUT2D eigenvalue weighted by Gasteiger charge is -2.28. The zero-order chi connectivity index (χ0) is 34.4. The highest BCUT2D eigenvalue weighted by Crippen LogP contribution is 2.40. The number of hydrogen-bond donors (Lipinski definition) is 3. The van der Waals surface area contributed by atoms with Crippen molar-refractivity contribution in [2.45, 2.75) is 120 Å². The van der Waals surface area contributed by atoms with Crippen LogP contribution in [0, 0.1) is 17.8 Å². The quantitative estimate of drug-likeness (QED) is 0.130. The molecule has 4 aliphatic rings. The van der Waals surface area contributed by atoms with Crippen molar-refractivity contribution in [3.63, 3.8) is 0 Å². The van der Waals surface area contributed by atoms with Crippen molar-refractivity contribution in [3.05, 3.63) is 12.2 Å². The van der Waals surface area contributed by atoms with Gasteiger partial charge in [-0.15, -0.1) is 0 Å². The molecule has 0 aromatic heterocycles. The van der Waals surface area contributed by atoms with Crippen LogP contribution >= 0.6 is 0 Å². The van der Waals surface area contributed by atoms with E-state index < -0.39 is 62.9 Å². The molecule has 4 rings (SSSR count). The summed E-state index contributed by atoms with van der Waals surface area (Å²) in [6.45, 7) is 5.59. The Morgan fingerprint density at radius 3 is 2.36 bits per heavy atom. The maximum absolute atomic E-state index is 13.7. The van der Waals surface area contributed by atoms with Crippen molar-refractivity contribution in [3.8, 4) is 0 Å². The van der Waals surface area contributed by atoms with Gasteiger partial charge in [0.2, 0.25) is 27.7 Å². The summed E-state index contributed by atoms with van der Waals surface area (Å²) in [7, 11) is -3.56. The average Bonchev–Trinajstić information content (AvgIpc) is 3.92. The molecule has 1 saturated heterocycles. The average molecular weight is 683 g/mol. The number of nitrogens with one attached hydrogen (secondary N) is 2. The number of allylic oxidation sites excluding steroid dienone is 1. The van der Waals surface area contributed by atoms with Gasteiger partial charge in [0.1, 0.15) is 23.8 Å². The smallest absolute Gasteiger partial charge is 0.408 e. The Labute approximate surface area is 276 Å². The van der Waals surface area contributed by atoms with Crippen molar-refractivity contribution in [1.29, 1.82) is 0 Å². The fourth-order valence-electron chi connectivity index (χ4n) is 6.08. The molecular weight excluding hydrogens is 632 g/mol. The minimum absolute atomic E-state index is 0.00854. The van der Waals surface area contributed by atoms with Gasteiger partial charge in [-0.25, -0.2) is 13.2 Å². The molecule has 264 valence electrons. The van der Waals surface area contributed by atoms with E-state index >= 15 is 0 Å². The predicted octanol–water partition coefficient (Wildman–Crippen LogP) is 2.06. The molecule has 3 aliphatic carbocycles. The molecule has 14 nitrogen and oxygen atoms in total. The fourth-order valence-corrected chi connectivity index (χ4v) is 7.44. The second-order valence-electron chi connectivity index (χ2n) is 14.1. The van der Waals surface area contributed by atoms with Crippen LogP contribution in [0.5, 0.6) is 0 Å². The largest absolute Gasteiger partial charge is 0.460 e. The van der Waals surface area contributed by atoms with Gasteiger partial charge in [0, 0.05) is 18.9 Å². The van der Waals surface area contributed by atoms with Crippen LogP contribution in [-0.4, -0.2) is 91.9 Å². The third kappa shape index (κ3) is 11.2. The lowest BCUT2D eigenvalue weighted by Crippen LogP contribution is -2.53. The van der Waals surface area contributed by atoms with Crippen molar-refractivity contribution < 1.29 is 46.6 Å². The summed E-state index contributed by atoms with van der Waals surface area (Å²) in [5.41, 5.74) is 4.84. The van der Waals surface area contributed by atoms with Gasteiger partial charge in [-0.2, -0.15) is 0 Å². The highest BCUT2D eigenvalue weighted by atomic mass is 32.2. The lowest BCUT2D eigenvalue weighted by molar-refractivity contribution is -0.155. The van der Waals surface area contributed by atoms with E-state index in [9.17, 15) is 32.4 Å². The van der Waals surface area contributed by atoms with Gasteiger partial charge in [0.05, 0.1) is 24.3 Å². The van der Waals surface area contributed by atoms with Crippen LogP contribution in [0.25, 0.3) is 0 Å². The number of carbonyl (C=O) groups excluding carboxylic acids is 5. The second-order valence-corrected chi connectivity index (χ2v) is 16.1. The molecule has 4 amide bonds.